The largest absolute Gasteiger partial charge is 0.336 e. The second-order valence-electron chi connectivity index (χ2n) is 3.89. The summed E-state index contributed by atoms with van der Waals surface area (Å²) >= 11 is 0. The van der Waals surface area contributed by atoms with Gasteiger partial charge in [0.15, 0.2) is 0 Å². The number of nitrogens with zero attached hydrogens (tertiary/aromatic N) is 5. The number of aromatic nitrogens is 4. The molecule has 0 aliphatic carbocycles. The third-order valence-electron chi connectivity index (χ3n) is 2.74. The molecule has 0 spiro atoms. The van der Waals surface area contributed by atoms with E-state index in [-0.39, 0.29) is 5.69 Å². The minimum atomic E-state index is -0.396. The van der Waals surface area contributed by atoms with E-state index in [1.54, 1.807) is 24.7 Å². The van der Waals surface area contributed by atoms with Crippen molar-refractivity contribution in [3.63, 3.8) is 0 Å². The third kappa shape index (κ3) is 1.91. The van der Waals surface area contributed by atoms with Gasteiger partial charge in [0.2, 0.25) is 0 Å². The predicted octanol–water partition coefficient (Wildman–Crippen LogP) is 1.19. The first-order chi connectivity index (χ1) is 8.00. The minimum absolute atomic E-state index is 0.0826. The summed E-state index contributed by atoms with van der Waals surface area (Å²) in [7, 11) is 1.88. The SMILES string of the molecule is Cc1nn(Cc2nccn2C)c(C)c1[N+](=O)[O-]. The fourth-order valence-electron chi connectivity index (χ4n) is 1.79. The number of hydrogen-bond acceptors (Lipinski definition) is 4. The van der Waals surface area contributed by atoms with Gasteiger partial charge < -0.3 is 4.57 Å². The van der Waals surface area contributed by atoms with Gasteiger partial charge in [0.05, 0.1) is 11.5 Å². The summed E-state index contributed by atoms with van der Waals surface area (Å²) in [5.41, 5.74) is 1.07. The maximum absolute atomic E-state index is 10.9. The van der Waals surface area contributed by atoms with Gasteiger partial charge in [-0.25, -0.2) is 4.98 Å². The Bertz CT molecular complexity index is 569. The maximum atomic E-state index is 10.9. The molecule has 0 atom stereocenters. The fraction of sp³-hybridized carbons (Fsp3) is 0.400. The van der Waals surface area contributed by atoms with E-state index in [1.165, 1.54) is 0 Å². The molecule has 0 amide bonds. The quantitative estimate of drug-likeness (QED) is 0.591. The molecule has 0 bridgehead atoms. The van der Waals surface area contributed by atoms with E-state index < -0.39 is 4.92 Å². The molecule has 2 heterocycles. The number of hydrogen-bond donors (Lipinski definition) is 0. The second-order valence-corrected chi connectivity index (χ2v) is 3.89. The van der Waals surface area contributed by atoms with Crippen LogP contribution in [0.2, 0.25) is 0 Å². The molecule has 2 aromatic rings. The van der Waals surface area contributed by atoms with Gasteiger partial charge in [-0.3, -0.25) is 14.8 Å². The van der Waals surface area contributed by atoms with Crippen LogP contribution in [0.15, 0.2) is 12.4 Å². The van der Waals surface area contributed by atoms with Crippen molar-refractivity contribution in [2.45, 2.75) is 20.4 Å². The predicted molar refractivity (Wildman–Crippen MR) is 60.7 cm³/mol. The molecule has 90 valence electrons. The van der Waals surface area contributed by atoms with E-state index in [1.807, 2.05) is 17.8 Å². The molecule has 0 N–H and O–H groups in total. The van der Waals surface area contributed by atoms with Crippen molar-refractivity contribution in [2.75, 3.05) is 0 Å². The Balaban J connectivity index is 2.38. The Morgan fingerprint density at radius 1 is 1.47 bits per heavy atom. The van der Waals surface area contributed by atoms with Crippen LogP contribution in [-0.2, 0) is 13.6 Å². The first kappa shape index (κ1) is 11.3. The number of imidazole rings is 1. The summed E-state index contributed by atoms with van der Waals surface area (Å²) < 4.78 is 3.47. The van der Waals surface area contributed by atoms with Crippen molar-refractivity contribution in [1.82, 2.24) is 19.3 Å². The van der Waals surface area contributed by atoms with E-state index >= 15 is 0 Å². The lowest BCUT2D eigenvalue weighted by atomic mass is 10.3. The molecule has 7 nitrogen and oxygen atoms in total. The summed E-state index contributed by atoms with van der Waals surface area (Å²) in [4.78, 5) is 14.6. The lowest BCUT2D eigenvalue weighted by Gasteiger charge is -2.03. The van der Waals surface area contributed by atoms with Crippen LogP contribution in [0, 0.1) is 24.0 Å². The average molecular weight is 235 g/mol. The van der Waals surface area contributed by atoms with Crippen LogP contribution < -0.4 is 0 Å². The van der Waals surface area contributed by atoms with Gasteiger partial charge in [-0.2, -0.15) is 5.10 Å². The van der Waals surface area contributed by atoms with Gasteiger partial charge in [-0.1, -0.05) is 0 Å². The van der Waals surface area contributed by atoms with Crippen molar-refractivity contribution >= 4 is 5.69 Å². The summed E-state index contributed by atoms with van der Waals surface area (Å²) in [6.07, 6.45) is 3.52. The van der Waals surface area contributed by atoms with Crippen molar-refractivity contribution in [3.05, 3.63) is 39.7 Å². The molecule has 0 fully saturated rings. The summed E-state index contributed by atoms with van der Waals surface area (Å²) in [5, 5.41) is 15.0. The zero-order chi connectivity index (χ0) is 12.6. The normalized spacial score (nSPS) is 10.8. The first-order valence-corrected chi connectivity index (χ1v) is 5.15. The first-order valence-electron chi connectivity index (χ1n) is 5.15. The van der Waals surface area contributed by atoms with E-state index in [2.05, 4.69) is 10.1 Å². The van der Waals surface area contributed by atoms with Gasteiger partial charge in [0.1, 0.15) is 17.2 Å². The van der Waals surface area contributed by atoms with E-state index in [9.17, 15) is 10.1 Å². The van der Waals surface area contributed by atoms with Crippen LogP contribution in [0.1, 0.15) is 17.2 Å². The lowest BCUT2D eigenvalue weighted by Crippen LogP contribution is -2.08. The average Bonchev–Trinajstić information content (AvgIpc) is 2.73. The Morgan fingerprint density at radius 3 is 2.65 bits per heavy atom. The Labute approximate surface area is 97.8 Å². The van der Waals surface area contributed by atoms with Crippen LogP contribution in [0.4, 0.5) is 5.69 Å². The lowest BCUT2D eigenvalue weighted by molar-refractivity contribution is -0.386. The standard InChI is InChI=1S/C10H13N5O2/c1-7-10(15(16)17)8(2)14(12-7)6-9-11-4-5-13(9)3/h4-5H,6H2,1-3H3. The van der Waals surface area contributed by atoms with Crippen LogP contribution in [0.5, 0.6) is 0 Å². The summed E-state index contributed by atoms with van der Waals surface area (Å²) in [6.45, 7) is 3.77. The third-order valence-corrected chi connectivity index (χ3v) is 2.74. The molecule has 17 heavy (non-hydrogen) atoms. The molecule has 7 heteroatoms. The molecule has 0 aromatic carbocycles. The van der Waals surface area contributed by atoms with Gasteiger partial charge >= 0.3 is 5.69 Å². The van der Waals surface area contributed by atoms with E-state index in [0.29, 0.717) is 17.9 Å². The van der Waals surface area contributed by atoms with Gasteiger partial charge in [0.25, 0.3) is 0 Å². The fourth-order valence-corrected chi connectivity index (χ4v) is 1.79. The molecule has 0 aliphatic rings. The molecular formula is C10H13N5O2. The Kier molecular flexibility index (Phi) is 2.66. The highest BCUT2D eigenvalue weighted by Crippen LogP contribution is 2.22. The van der Waals surface area contributed by atoms with Gasteiger partial charge in [-0.05, 0) is 13.8 Å². The van der Waals surface area contributed by atoms with Crippen LogP contribution in [0.25, 0.3) is 0 Å². The van der Waals surface area contributed by atoms with Gasteiger partial charge in [0, 0.05) is 19.4 Å². The minimum Gasteiger partial charge on any atom is -0.336 e. The summed E-state index contributed by atoms with van der Waals surface area (Å²) in [6, 6.07) is 0. The molecular weight excluding hydrogens is 222 g/mol. The van der Waals surface area contributed by atoms with Crippen molar-refractivity contribution < 1.29 is 4.92 Å². The zero-order valence-corrected chi connectivity index (χ0v) is 9.91. The topological polar surface area (TPSA) is 78.8 Å². The van der Waals surface area contributed by atoms with Crippen LogP contribution in [-0.4, -0.2) is 24.3 Å². The molecule has 0 saturated heterocycles. The number of aryl methyl sites for hydroxylation is 2. The zero-order valence-electron chi connectivity index (χ0n) is 9.91. The highest BCUT2D eigenvalue weighted by molar-refractivity contribution is 5.39. The molecule has 0 unspecified atom stereocenters. The van der Waals surface area contributed by atoms with Crippen molar-refractivity contribution in [3.8, 4) is 0 Å². The molecule has 2 aromatic heterocycles. The van der Waals surface area contributed by atoms with Gasteiger partial charge in [-0.15, -0.1) is 0 Å². The second kappa shape index (κ2) is 4.00. The van der Waals surface area contributed by atoms with E-state index in [0.717, 1.165) is 5.82 Å². The monoisotopic (exact) mass is 235 g/mol. The Morgan fingerprint density at radius 2 is 2.18 bits per heavy atom. The molecule has 0 radical (unpaired) electrons. The van der Waals surface area contributed by atoms with Crippen LogP contribution >= 0.6 is 0 Å². The highest BCUT2D eigenvalue weighted by atomic mass is 16.6. The van der Waals surface area contributed by atoms with Crippen molar-refractivity contribution in [2.24, 2.45) is 7.05 Å². The van der Waals surface area contributed by atoms with Crippen molar-refractivity contribution in [1.29, 1.82) is 0 Å². The molecule has 0 saturated carbocycles. The highest BCUT2D eigenvalue weighted by Gasteiger charge is 2.22. The molecule has 0 aliphatic heterocycles. The van der Waals surface area contributed by atoms with Crippen LogP contribution in [0.3, 0.4) is 0 Å². The number of nitro groups is 1. The number of rotatable bonds is 3. The van der Waals surface area contributed by atoms with E-state index in [4.69, 9.17) is 0 Å². The molecule has 2 rings (SSSR count). The Hall–Kier alpha value is -2.18. The maximum Gasteiger partial charge on any atom is 0.312 e. The smallest absolute Gasteiger partial charge is 0.312 e. The summed E-state index contributed by atoms with van der Waals surface area (Å²) in [5.74, 6) is 0.811.